The van der Waals surface area contributed by atoms with Gasteiger partial charge in [0.2, 0.25) is 5.95 Å². The fraction of sp³-hybridized carbons (Fsp3) is 0.320. The molecule has 1 aliphatic heterocycles. The van der Waals surface area contributed by atoms with Crippen LogP contribution in [0.15, 0.2) is 53.7 Å². The minimum absolute atomic E-state index is 0.0247. The van der Waals surface area contributed by atoms with Gasteiger partial charge in [0.25, 0.3) is 5.69 Å². The zero-order valence-electron chi connectivity index (χ0n) is 19.9. The Hall–Kier alpha value is -4.21. The van der Waals surface area contributed by atoms with Gasteiger partial charge in [0.15, 0.2) is 11.6 Å². The number of Topliss-reactive ketones (excluding diaryl/α,β-unsaturated/α-hetero) is 1. The third kappa shape index (κ3) is 3.90. The van der Waals surface area contributed by atoms with E-state index in [-0.39, 0.29) is 16.9 Å². The second-order valence-corrected chi connectivity index (χ2v) is 9.48. The number of fused-ring (bicyclic) bond motifs is 1. The lowest BCUT2D eigenvalue weighted by Gasteiger charge is -2.38. The maximum absolute atomic E-state index is 13.5. The second kappa shape index (κ2) is 8.23. The van der Waals surface area contributed by atoms with E-state index >= 15 is 0 Å². The largest absolute Gasteiger partial charge is 0.497 e. The number of carbonyl (C=O) groups excluding carboxylic acids is 1. The minimum atomic E-state index is -0.602. The van der Waals surface area contributed by atoms with Crippen LogP contribution in [0, 0.1) is 15.5 Å². The van der Waals surface area contributed by atoms with E-state index in [2.05, 4.69) is 24.1 Å². The molecule has 2 aromatic carbocycles. The minimum Gasteiger partial charge on any atom is -0.497 e. The van der Waals surface area contributed by atoms with Crippen LogP contribution >= 0.6 is 0 Å². The van der Waals surface area contributed by atoms with Gasteiger partial charge in [-0.15, -0.1) is 5.10 Å². The van der Waals surface area contributed by atoms with Crippen LogP contribution in [-0.2, 0) is 4.79 Å². The summed E-state index contributed by atoms with van der Waals surface area (Å²) in [5.41, 5.74) is 2.36. The number of rotatable bonds is 5. The van der Waals surface area contributed by atoms with Crippen molar-refractivity contribution in [3.63, 3.8) is 0 Å². The first-order chi connectivity index (χ1) is 16.7. The van der Waals surface area contributed by atoms with Gasteiger partial charge >= 0.3 is 0 Å². The highest BCUT2D eigenvalue weighted by Crippen LogP contribution is 2.47. The summed E-state index contributed by atoms with van der Waals surface area (Å²) in [5, 5.41) is 19.3. The zero-order chi connectivity index (χ0) is 24.9. The number of aromatic nitrogens is 3. The van der Waals surface area contributed by atoms with Crippen molar-refractivity contribution >= 4 is 17.4 Å². The molecule has 2 heterocycles. The molecule has 0 bridgehead atoms. The van der Waals surface area contributed by atoms with Gasteiger partial charge in [-0.3, -0.25) is 14.9 Å². The molecule has 3 aromatic rings. The van der Waals surface area contributed by atoms with Crippen molar-refractivity contribution in [1.29, 1.82) is 0 Å². The molecule has 0 radical (unpaired) electrons. The molecule has 2 aliphatic rings. The predicted molar refractivity (Wildman–Crippen MR) is 128 cm³/mol. The summed E-state index contributed by atoms with van der Waals surface area (Å²) in [7, 11) is 3.15. The molecule has 0 fully saturated rings. The Bertz CT molecular complexity index is 1390. The van der Waals surface area contributed by atoms with E-state index in [1.165, 1.54) is 12.1 Å². The maximum Gasteiger partial charge on any atom is 0.270 e. The summed E-state index contributed by atoms with van der Waals surface area (Å²) >= 11 is 0. The van der Waals surface area contributed by atoms with Crippen LogP contribution in [-0.4, -0.2) is 39.7 Å². The number of nitro benzene ring substituents is 1. The summed E-state index contributed by atoms with van der Waals surface area (Å²) in [4.78, 5) is 29.0. The third-order valence-corrected chi connectivity index (χ3v) is 6.38. The van der Waals surface area contributed by atoms with Gasteiger partial charge in [-0.05, 0) is 30.0 Å². The van der Waals surface area contributed by atoms with Gasteiger partial charge in [0.1, 0.15) is 17.5 Å². The summed E-state index contributed by atoms with van der Waals surface area (Å²) in [5.74, 6) is 1.99. The van der Waals surface area contributed by atoms with E-state index in [0.717, 1.165) is 5.70 Å². The normalized spacial score (nSPS) is 18.4. The Morgan fingerprint density at radius 3 is 2.66 bits per heavy atom. The third-order valence-electron chi connectivity index (χ3n) is 6.38. The van der Waals surface area contributed by atoms with Crippen LogP contribution < -0.4 is 14.8 Å². The van der Waals surface area contributed by atoms with Gasteiger partial charge in [-0.1, -0.05) is 26.0 Å². The number of hydrogen-bond donors (Lipinski definition) is 1. The molecular formula is C25H25N5O5. The Morgan fingerprint density at radius 2 is 1.94 bits per heavy atom. The van der Waals surface area contributed by atoms with E-state index in [1.807, 2.05) is 6.07 Å². The number of hydrogen-bond acceptors (Lipinski definition) is 8. The molecule has 5 rings (SSSR count). The average Bonchev–Trinajstić information content (AvgIpc) is 3.25. The lowest BCUT2D eigenvalue weighted by molar-refractivity contribution is -0.384. The fourth-order valence-electron chi connectivity index (χ4n) is 4.83. The van der Waals surface area contributed by atoms with Crippen molar-refractivity contribution in [3.8, 4) is 22.9 Å². The SMILES string of the molecule is COc1ccc(OC)c(C2C3=C(CC(C)(C)CC3=O)Nc3nc(-c4cccc([N+](=O)[O-])c4)nn32)c1. The Labute approximate surface area is 201 Å². The first-order valence-corrected chi connectivity index (χ1v) is 11.2. The molecule has 1 N–H and O–H groups in total. The number of nitro groups is 1. The van der Waals surface area contributed by atoms with Crippen molar-refractivity contribution in [2.24, 2.45) is 5.41 Å². The topological polar surface area (TPSA) is 121 Å². The van der Waals surface area contributed by atoms with E-state index in [1.54, 1.807) is 43.2 Å². The van der Waals surface area contributed by atoms with Gasteiger partial charge in [0.05, 0.1) is 19.1 Å². The number of ketones is 1. The molecule has 0 saturated heterocycles. The van der Waals surface area contributed by atoms with Crippen LogP contribution in [0.2, 0.25) is 0 Å². The van der Waals surface area contributed by atoms with Gasteiger partial charge < -0.3 is 14.8 Å². The molecule has 0 saturated carbocycles. The quantitative estimate of drug-likeness (QED) is 0.422. The predicted octanol–water partition coefficient (Wildman–Crippen LogP) is 4.53. The summed E-state index contributed by atoms with van der Waals surface area (Å²) in [6, 6.07) is 11.0. The van der Waals surface area contributed by atoms with Crippen molar-refractivity contribution in [1.82, 2.24) is 14.8 Å². The lowest BCUT2D eigenvalue weighted by atomic mass is 9.73. The molecule has 35 heavy (non-hydrogen) atoms. The van der Waals surface area contributed by atoms with Crippen LogP contribution in [0.3, 0.4) is 0 Å². The van der Waals surface area contributed by atoms with E-state index in [9.17, 15) is 14.9 Å². The average molecular weight is 476 g/mol. The summed E-state index contributed by atoms with van der Waals surface area (Å²) in [6.45, 7) is 4.12. The molecule has 180 valence electrons. The van der Waals surface area contributed by atoms with Crippen molar-refractivity contribution in [3.05, 3.63) is 69.4 Å². The zero-order valence-corrected chi connectivity index (χ0v) is 19.9. The van der Waals surface area contributed by atoms with Gasteiger partial charge in [-0.25, -0.2) is 4.68 Å². The Morgan fingerprint density at radius 1 is 1.14 bits per heavy atom. The van der Waals surface area contributed by atoms with Gasteiger partial charge in [-0.2, -0.15) is 4.98 Å². The number of nitrogens with one attached hydrogen (secondary N) is 1. The first-order valence-electron chi connectivity index (χ1n) is 11.2. The van der Waals surface area contributed by atoms with Crippen LogP contribution in [0.25, 0.3) is 11.4 Å². The summed E-state index contributed by atoms with van der Waals surface area (Å²) < 4.78 is 12.8. The highest BCUT2D eigenvalue weighted by Gasteiger charge is 2.43. The molecule has 1 aliphatic carbocycles. The molecule has 0 spiro atoms. The number of non-ortho nitro benzene ring substituents is 1. The molecule has 1 unspecified atom stereocenters. The van der Waals surface area contributed by atoms with Crippen LogP contribution in [0.5, 0.6) is 11.5 Å². The van der Waals surface area contributed by atoms with Crippen LogP contribution in [0.1, 0.15) is 38.3 Å². The summed E-state index contributed by atoms with van der Waals surface area (Å²) in [6.07, 6.45) is 1.06. The van der Waals surface area contributed by atoms with Crippen LogP contribution in [0.4, 0.5) is 11.6 Å². The number of anilines is 1. The smallest absolute Gasteiger partial charge is 0.270 e. The molecule has 10 nitrogen and oxygen atoms in total. The van der Waals surface area contributed by atoms with E-state index in [4.69, 9.17) is 14.6 Å². The van der Waals surface area contributed by atoms with Crippen molar-refractivity contribution in [2.75, 3.05) is 19.5 Å². The molecule has 1 atom stereocenters. The maximum atomic E-state index is 13.5. The van der Waals surface area contributed by atoms with Crippen molar-refractivity contribution in [2.45, 2.75) is 32.7 Å². The van der Waals surface area contributed by atoms with E-state index < -0.39 is 11.0 Å². The lowest BCUT2D eigenvalue weighted by Crippen LogP contribution is -2.36. The Kier molecular flexibility index (Phi) is 5.31. The van der Waals surface area contributed by atoms with Gasteiger partial charge in [0, 0.05) is 41.0 Å². The number of methoxy groups -OCH3 is 2. The highest BCUT2D eigenvalue weighted by atomic mass is 16.6. The first kappa shape index (κ1) is 22.6. The molecular weight excluding hydrogens is 450 g/mol. The number of carbonyl (C=O) groups is 1. The van der Waals surface area contributed by atoms with Crippen molar-refractivity contribution < 1.29 is 19.2 Å². The molecule has 1 aromatic heterocycles. The second-order valence-electron chi connectivity index (χ2n) is 9.48. The number of allylic oxidation sites excluding steroid dienone is 2. The number of ether oxygens (including phenoxy) is 2. The monoisotopic (exact) mass is 475 g/mol. The molecule has 10 heteroatoms. The standard InChI is InChI=1S/C25H25N5O5/c1-25(2)12-18-21(19(31)13-25)22(17-11-16(34-3)8-9-20(17)35-4)29-24(26-18)27-23(28-29)14-6-5-7-15(10-14)30(32)33/h5-11,22H,12-13H2,1-4H3,(H,26,27,28). The Balaban J connectivity index is 1.72. The highest BCUT2D eigenvalue weighted by molar-refractivity contribution is 6.00. The number of nitrogens with zero attached hydrogens (tertiary/aromatic N) is 4. The van der Waals surface area contributed by atoms with E-state index in [0.29, 0.717) is 52.8 Å². The number of benzene rings is 2. The molecule has 0 amide bonds. The fourth-order valence-corrected chi connectivity index (χ4v) is 4.83.